The van der Waals surface area contributed by atoms with Gasteiger partial charge in [0.15, 0.2) is 6.10 Å². The first kappa shape index (κ1) is 79.1. The molecule has 476 valence electrons. The number of carbonyl (C=O) groups excluding carboxylic acids is 3. The van der Waals surface area contributed by atoms with Crippen molar-refractivity contribution in [3.05, 3.63) is 109 Å². The highest BCUT2D eigenvalue weighted by atomic mass is 16.6. The summed E-state index contributed by atoms with van der Waals surface area (Å²) in [7, 11) is 0. The molecule has 0 amide bonds. The second-order valence-electron chi connectivity index (χ2n) is 23.4. The Labute approximate surface area is 514 Å². The molecule has 83 heavy (non-hydrogen) atoms. The van der Waals surface area contributed by atoms with Crippen LogP contribution in [0.3, 0.4) is 0 Å². The number of ether oxygens (including phenoxy) is 3. The highest BCUT2D eigenvalue weighted by Crippen LogP contribution is 2.17. The van der Waals surface area contributed by atoms with E-state index in [1.165, 1.54) is 186 Å². The summed E-state index contributed by atoms with van der Waals surface area (Å²) in [6.07, 6.45) is 96.7. The van der Waals surface area contributed by atoms with Crippen molar-refractivity contribution in [3.8, 4) is 0 Å². The Bertz CT molecular complexity index is 1660. The quantitative estimate of drug-likeness (QED) is 0.0261. The average Bonchev–Trinajstić information content (AvgIpc) is 3.50. The van der Waals surface area contributed by atoms with E-state index in [-0.39, 0.29) is 31.1 Å². The lowest BCUT2D eigenvalue weighted by molar-refractivity contribution is -0.167. The number of esters is 3. The first-order valence-electron chi connectivity index (χ1n) is 35.4. The third-order valence-electron chi connectivity index (χ3n) is 15.3. The molecule has 0 bridgehead atoms. The zero-order valence-electron chi connectivity index (χ0n) is 54.7. The number of allylic oxidation sites excluding steroid dienone is 18. The summed E-state index contributed by atoms with van der Waals surface area (Å²) in [5.74, 6) is -0.911. The summed E-state index contributed by atoms with van der Waals surface area (Å²) in [5.41, 5.74) is 0. The molecule has 0 aromatic rings. The number of unbranched alkanes of at least 4 members (excludes halogenated alkanes) is 35. The van der Waals surface area contributed by atoms with Crippen LogP contribution in [-0.2, 0) is 28.6 Å². The summed E-state index contributed by atoms with van der Waals surface area (Å²) < 4.78 is 17.0. The van der Waals surface area contributed by atoms with Crippen LogP contribution in [0.15, 0.2) is 109 Å². The highest BCUT2D eigenvalue weighted by molar-refractivity contribution is 5.71. The van der Waals surface area contributed by atoms with Crippen molar-refractivity contribution in [1.29, 1.82) is 0 Å². The fourth-order valence-electron chi connectivity index (χ4n) is 9.99. The molecule has 0 heterocycles. The van der Waals surface area contributed by atoms with E-state index < -0.39 is 6.10 Å². The van der Waals surface area contributed by atoms with Gasteiger partial charge in [0.25, 0.3) is 0 Å². The van der Waals surface area contributed by atoms with Crippen molar-refractivity contribution < 1.29 is 28.6 Å². The maximum absolute atomic E-state index is 13.0. The van der Waals surface area contributed by atoms with E-state index in [9.17, 15) is 14.4 Å². The average molecular weight is 1150 g/mol. The zero-order valence-corrected chi connectivity index (χ0v) is 54.7. The lowest BCUT2D eigenvalue weighted by Crippen LogP contribution is -2.30. The summed E-state index contributed by atoms with van der Waals surface area (Å²) in [6.45, 7) is 6.52. The Morgan fingerprint density at radius 2 is 0.470 bits per heavy atom. The minimum absolute atomic E-state index is 0.0893. The molecule has 6 nitrogen and oxygen atoms in total. The smallest absolute Gasteiger partial charge is 0.306 e. The van der Waals surface area contributed by atoms with Gasteiger partial charge < -0.3 is 14.2 Å². The number of hydrogen-bond donors (Lipinski definition) is 0. The molecule has 0 aliphatic carbocycles. The topological polar surface area (TPSA) is 78.9 Å². The minimum Gasteiger partial charge on any atom is -0.462 e. The predicted octanol–water partition coefficient (Wildman–Crippen LogP) is 24.6. The van der Waals surface area contributed by atoms with E-state index in [4.69, 9.17) is 14.2 Å². The van der Waals surface area contributed by atoms with Crippen LogP contribution in [0.4, 0.5) is 0 Å². The molecule has 0 spiro atoms. The molecule has 6 heteroatoms. The predicted molar refractivity (Wildman–Crippen MR) is 362 cm³/mol. The fraction of sp³-hybridized carbons (Fsp3) is 0.727. The maximum atomic E-state index is 13.0. The lowest BCUT2D eigenvalue weighted by atomic mass is 10.0. The van der Waals surface area contributed by atoms with Crippen molar-refractivity contribution in [2.45, 2.75) is 348 Å². The summed E-state index contributed by atoms with van der Waals surface area (Å²) >= 11 is 0. The van der Waals surface area contributed by atoms with Gasteiger partial charge in [-0.15, -0.1) is 0 Å². The van der Waals surface area contributed by atoms with Gasteiger partial charge in [0.05, 0.1) is 0 Å². The molecular formula is C77H132O6. The van der Waals surface area contributed by atoms with Gasteiger partial charge in [-0.1, -0.05) is 323 Å². The van der Waals surface area contributed by atoms with Gasteiger partial charge in [-0.2, -0.15) is 0 Å². The molecule has 0 radical (unpaired) electrons. The monoisotopic (exact) mass is 1150 g/mol. The summed E-state index contributed by atoms with van der Waals surface area (Å²) in [6, 6.07) is 0. The van der Waals surface area contributed by atoms with Gasteiger partial charge in [-0.05, 0) is 109 Å². The first-order chi connectivity index (χ1) is 41.0. The molecule has 0 rings (SSSR count). The molecule has 0 aromatic carbocycles. The van der Waals surface area contributed by atoms with Crippen LogP contribution in [-0.4, -0.2) is 37.2 Å². The molecule has 0 saturated carbocycles. The molecule has 0 saturated heterocycles. The van der Waals surface area contributed by atoms with Crippen LogP contribution < -0.4 is 0 Å². The minimum atomic E-state index is -0.796. The largest absolute Gasteiger partial charge is 0.462 e. The van der Waals surface area contributed by atoms with E-state index in [0.717, 1.165) is 116 Å². The molecule has 0 N–H and O–H groups in total. The van der Waals surface area contributed by atoms with Crippen LogP contribution >= 0.6 is 0 Å². The lowest BCUT2D eigenvalue weighted by Gasteiger charge is -2.18. The number of hydrogen-bond acceptors (Lipinski definition) is 6. The van der Waals surface area contributed by atoms with Crippen LogP contribution in [0.5, 0.6) is 0 Å². The van der Waals surface area contributed by atoms with Gasteiger partial charge >= 0.3 is 17.9 Å². The van der Waals surface area contributed by atoms with Crippen molar-refractivity contribution in [3.63, 3.8) is 0 Å². The molecule has 0 aliphatic rings. The number of carbonyl (C=O) groups is 3. The van der Waals surface area contributed by atoms with Gasteiger partial charge in [0.1, 0.15) is 13.2 Å². The Morgan fingerprint density at radius 3 is 0.771 bits per heavy atom. The maximum Gasteiger partial charge on any atom is 0.306 e. The molecule has 0 fully saturated rings. The fourth-order valence-corrected chi connectivity index (χ4v) is 9.99. The molecule has 1 unspecified atom stereocenters. The van der Waals surface area contributed by atoms with Crippen LogP contribution in [0, 0.1) is 0 Å². The van der Waals surface area contributed by atoms with E-state index in [0.29, 0.717) is 19.3 Å². The Morgan fingerprint density at radius 1 is 0.253 bits per heavy atom. The second-order valence-corrected chi connectivity index (χ2v) is 23.4. The molecule has 0 aromatic heterocycles. The van der Waals surface area contributed by atoms with Crippen LogP contribution in [0.25, 0.3) is 0 Å². The SMILES string of the molecule is CC/C=C\C/C=C\C/C=C\C/C=C\C/C=C\C/C=C\C/C=C\CCCCCC(=O)OCC(COC(=O)CCCCCCCCCCC/C=C\C/C=C\CCCCC)OC(=O)CCCCCCCCCCCCCCCCCCCCCCC. The second kappa shape index (κ2) is 70.6. The summed E-state index contributed by atoms with van der Waals surface area (Å²) in [5, 5.41) is 0. The van der Waals surface area contributed by atoms with Gasteiger partial charge in [0.2, 0.25) is 0 Å². The van der Waals surface area contributed by atoms with Crippen molar-refractivity contribution in [2.75, 3.05) is 13.2 Å². The van der Waals surface area contributed by atoms with E-state index in [1.54, 1.807) is 0 Å². The van der Waals surface area contributed by atoms with Gasteiger partial charge in [-0.25, -0.2) is 0 Å². The Hall–Kier alpha value is -3.93. The Balaban J connectivity index is 4.44. The highest BCUT2D eigenvalue weighted by Gasteiger charge is 2.19. The Kier molecular flexibility index (Phi) is 67.2. The third-order valence-corrected chi connectivity index (χ3v) is 15.3. The normalized spacial score (nSPS) is 12.8. The van der Waals surface area contributed by atoms with E-state index in [1.807, 2.05) is 0 Å². The standard InChI is InChI=1S/C77H132O6/c1-4-7-10-13-16-19-22-25-28-31-34-36-37-38-39-41-43-46-49-52-55-58-61-64-67-70-76(79)82-73-74(72-81-75(78)69-66-63-60-57-54-51-48-45-42-33-30-27-24-21-18-15-12-9-6-3)83-77(80)71-68-65-62-59-56-53-50-47-44-40-35-32-29-26-23-20-17-14-11-8-5-2/h7,10,16,18-19,21,25,27-28,30,34,36,38-39,43,46,52,55,74H,4-6,8-9,11-15,17,20,22-24,26,29,31-33,35,37,40-42,44-45,47-51,53-54,56-73H2,1-3H3/b10-7-,19-16-,21-18-,28-25-,30-27-,36-34-,39-38-,46-43-,55-52-. The van der Waals surface area contributed by atoms with Crippen molar-refractivity contribution in [1.82, 2.24) is 0 Å². The van der Waals surface area contributed by atoms with Crippen molar-refractivity contribution in [2.24, 2.45) is 0 Å². The summed E-state index contributed by atoms with van der Waals surface area (Å²) in [4.78, 5) is 38.5. The third kappa shape index (κ3) is 68.7. The van der Waals surface area contributed by atoms with Gasteiger partial charge in [-0.3, -0.25) is 14.4 Å². The van der Waals surface area contributed by atoms with E-state index >= 15 is 0 Å². The van der Waals surface area contributed by atoms with Crippen LogP contribution in [0.2, 0.25) is 0 Å². The van der Waals surface area contributed by atoms with E-state index in [2.05, 4.69) is 130 Å². The molecule has 0 aliphatic heterocycles. The first-order valence-corrected chi connectivity index (χ1v) is 35.4. The zero-order chi connectivity index (χ0) is 59.9. The van der Waals surface area contributed by atoms with Crippen LogP contribution in [0.1, 0.15) is 342 Å². The molecule has 1 atom stereocenters. The van der Waals surface area contributed by atoms with Crippen molar-refractivity contribution >= 4 is 17.9 Å². The number of rotatable bonds is 64. The van der Waals surface area contributed by atoms with Gasteiger partial charge in [0, 0.05) is 19.3 Å². The molecular weight excluding hydrogens is 1020 g/mol.